The topological polar surface area (TPSA) is 39.1 Å². The Morgan fingerprint density at radius 1 is 1.44 bits per heavy atom. The third-order valence-electron chi connectivity index (χ3n) is 3.74. The molecule has 1 saturated heterocycles. The van der Waals surface area contributed by atoms with Gasteiger partial charge in [0.05, 0.1) is 12.6 Å². The van der Waals surface area contributed by atoms with Crippen molar-refractivity contribution in [1.29, 1.82) is 5.26 Å². The highest BCUT2D eigenvalue weighted by Crippen LogP contribution is 2.27. The first kappa shape index (κ1) is 13.1. The molecule has 1 fully saturated rings. The highest BCUT2D eigenvalue weighted by molar-refractivity contribution is 5.26. The van der Waals surface area contributed by atoms with Crippen molar-refractivity contribution in [3.63, 3.8) is 0 Å². The Labute approximate surface area is 109 Å². The largest absolute Gasteiger partial charge is 0.316 e. The number of nitriles is 1. The fraction of sp³-hybridized carbons (Fsp3) is 0.533. The van der Waals surface area contributed by atoms with Crippen LogP contribution < -0.4 is 5.32 Å². The Bertz CT molecular complexity index is 436. The molecule has 2 atom stereocenters. The lowest BCUT2D eigenvalue weighted by molar-refractivity contribution is 0.193. The molecule has 18 heavy (non-hydrogen) atoms. The van der Waals surface area contributed by atoms with Crippen LogP contribution in [0.2, 0.25) is 0 Å². The van der Waals surface area contributed by atoms with Gasteiger partial charge < -0.3 is 5.32 Å². The third-order valence-corrected chi connectivity index (χ3v) is 3.74. The zero-order valence-electron chi connectivity index (χ0n) is 11.2. The second-order valence-electron chi connectivity index (χ2n) is 5.18. The van der Waals surface area contributed by atoms with Gasteiger partial charge in [0.2, 0.25) is 0 Å². The third kappa shape index (κ3) is 3.10. The molecule has 0 amide bonds. The molecule has 0 radical (unpaired) electrons. The lowest BCUT2D eigenvalue weighted by atomic mass is 9.87. The average Bonchev–Trinajstić information content (AvgIpc) is 2.39. The Morgan fingerprint density at radius 3 is 2.94 bits per heavy atom. The van der Waals surface area contributed by atoms with Crippen LogP contribution in [0.25, 0.3) is 0 Å². The smallest absolute Gasteiger partial charge is 0.0866 e. The summed E-state index contributed by atoms with van der Waals surface area (Å²) in [6.07, 6.45) is 1.15. The maximum absolute atomic E-state index is 8.87. The van der Waals surface area contributed by atoms with Gasteiger partial charge in [-0.15, -0.1) is 0 Å². The normalized spacial score (nSPS) is 24.7. The second kappa shape index (κ2) is 5.99. The second-order valence-corrected chi connectivity index (χ2v) is 5.18. The Balaban J connectivity index is 2.14. The van der Waals surface area contributed by atoms with Gasteiger partial charge in [0.1, 0.15) is 0 Å². The minimum atomic E-state index is 0.484. The molecule has 1 N–H and O–H groups in total. The summed E-state index contributed by atoms with van der Waals surface area (Å²) in [5.41, 5.74) is 2.71. The predicted molar refractivity (Wildman–Crippen MR) is 73.4 cm³/mol. The summed E-state index contributed by atoms with van der Waals surface area (Å²) in [5, 5.41) is 12.2. The van der Waals surface area contributed by atoms with E-state index in [0.29, 0.717) is 18.5 Å². The van der Waals surface area contributed by atoms with Crippen molar-refractivity contribution in [2.75, 3.05) is 26.7 Å². The molecule has 2 rings (SSSR count). The van der Waals surface area contributed by atoms with Gasteiger partial charge in [-0.2, -0.15) is 5.26 Å². The number of aryl methyl sites for hydroxylation is 1. The molecular weight excluding hydrogens is 222 g/mol. The lowest BCUT2D eigenvalue weighted by Gasteiger charge is -2.36. The van der Waals surface area contributed by atoms with E-state index in [-0.39, 0.29) is 0 Å². The van der Waals surface area contributed by atoms with Crippen molar-refractivity contribution in [1.82, 2.24) is 10.2 Å². The maximum Gasteiger partial charge on any atom is 0.0866 e. The fourth-order valence-corrected chi connectivity index (χ4v) is 2.79. The molecule has 2 unspecified atom stereocenters. The first-order chi connectivity index (χ1) is 8.72. The first-order valence-corrected chi connectivity index (χ1v) is 6.56. The van der Waals surface area contributed by atoms with E-state index in [4.69, 9.17) is 5.26 Å². The molecule has 3 nitrogen and oxygen atoms in total. The molecular formula is C15H21N3. The van der Waals surface area contributed by atoms with Crippen LogP contribution in [-0.4, -0.2) is 37.6 Å². The quantitative estimate of drug-likeness (QED) is 0.824. The van der Waals surface area contributed by atoms with E-state index in [9.17, 15) is 0 Å². The van der Waals surface area contributed by atoms with Gasteiger partial charge in [0.15, 0.2) is 0 Å². The van der Waals surface area contributed by atoms with Gasteiger partial charge in [-0.3, -0.25) is 4.90 Å². The molecule has 1 aliphatic heterocycles. The minimum Gasteiger partial charge on any atom is -0.316 e. The number of nitrogens with zero attached hydrogens (tertiary/aromatic N) is 2. The highest BCUT2D eigenvalue weighted by atomic mass is 15.2. The van der Waals surface area contributed by atoms with E-state index in [1.807, 2.05) is 7.05 Å². The van der Waals surface area contributed by atoms with Gasteiger partial charge in [-0.1, -0.05) is 29.8 Å². The van der Waals surface area contributed by atoms with Crippen LogP contribution in [0.3, 0.4) is 0 Å². The molecule has 96 valence electrons. The van der Waals surface area contributed by atoms with Gasteiger partial charge in [0.25, 0.3) is 0 Å². The van der Waals surface area contributed by atoms with Crippen molar-refractivity contribution >= 4 is 0 Å². The summed E-state index contributed by atoms with van der Waals surface area (Å²) in [5.74, 6) is 0.532. The maximum atomic E-state index is 8.87. The summed E-state index contributed by atoms with van der Waals surface area (Å²) in [6, 6.07) is 11.5. The summed E-state index contributed by atoms with van der Waals surface area (Å²) >= 11 is 0. The van der Waals surface area contributed by atoms with Crippen LogP contribution in [0.4, 0.5) is 0 Å². The summed E-state index contributed by atoms with van der Waals surface area (Å²) in [6.45, 7) is 4.64. The molecule has 1 aliphatic rings. The number of piperidine rings is 1. The van der Waals surface area contributed by atoms with Crippen molar-refractivity contribution in [2.24, 2.45) is 0 Å². The number of hydrogen-bond donors (Lipinski definition) is 1. The Kier molecular flexibility index (Phi) is 4.35. The number of benzene rings is 1. The molecule has 3 heteroatoms. The highest BCUT2D eigenvalue weighted by Gasteiger charge is 2.27. The number of likely N-dealkylation sites (tertiary alicyclic amines) is 1. The number of nitrogens with one attached hydrogen (secondary N) is 1. The molecule has 0 bridgehead atoms. The number of rotatable bonds is 3. The van der Waals surface area contributed by atoms with Crippen molar-refractivity contribution in [3.05, 3.63) is 35.4 Å². The standard InChI is InChI=1S/C15H21N3/c1-12-4-3-5-13(8-12)14-9-15(17-2)11-18(10-14)7-6-16/h3-5,8,14-15,17H,7,9-11H2,1-2H3. The Morgan fingerprint density at radius 2 is 2.28 bits per heavy atom. The molecule has 0 aromatic heterocycles. The van der Waals surface area contributed by atoms with Gasteiger partial charge in [0, 0.05) is 19.1 Å². The van der Waals surface area contributed by atoms with Crippen LogP contribution in [-0.2, 0) is 0 Å². The summed E-state index contributed by atoms with van der Waals surface area (Å²) in [4.78, 5) is 2.25. The first-order valence-electron chi connectivity index (χ1n) is 6.56. The van der Waals surface area contributed by atoms with Crippen molar-refractivity contribution in [3.8, 4) is 6.07 Å². The monoisotopic (exact) mass is 243 g/mol. The van der Waals surface area contributed by atoms with Gasteiger partial charge in [-0.25, -0.2) is 0 Å². The molecule has 1 aromatic rings. The van der Waals surface area contributed by atoms with E-state index in [0.717, 1.165) is 19.5 Å². The van der Waals surface area contributed by atoms with E-state index >= 15 is 0 Å². The van der Waals surface area contributed by atoms with E-state index < -0.39 is 0 Å². The lowest BCUT2D eigenvalue weighted by Crippen LogP contribution is -2.47. The fourth-order valence-electron chi connectivity index (χ4n) is 2.79. The molecule has 0 spiro atoms. The summed E-state index contributed by atoms with van der Waals surface area (Å²) in [7, 11) is 2.01. The summed E-state index contributed by atoms with van der Waals surface area (Å²) < 4.78 is 0. The Hall–Kier alpha value is -1.37. The zero-order valence-corrected chi connectivity index (χ0v) is 11.2. The van der Waals surface area contributed by atoms with Gasteiger partial charge >= 0.3 is 0 Å². The van der Waals surface area contributed by atoms with Crippen molar-refractivity contribution < 1.29 is 0 Å². The molecule has 0 saturated carbocycles. The van der Waals surface area contributed by atoms with Crippen LogP contribution >= 0.6 is 0 Å². The molecule has 1 heterocycles. The van der Waals surface area contributed by atoms with E-state index in [1.165, 1.54) is 11.1 Å². The molecule has 1 aromatic carbocycles. The van der Waals surface area contributed by atoms with Crippen LogP contribution in [0.1, 0.15) is 23.5 Å². The van der Waals surface area contributed by atoms with E-state index in [1.54, 1.807) is 0 Å². The number of likely N-dealkylation sites (N-methyl/N-ethyl adjacent to an activating group) is 1. The van der Waals surface area contributed by atoms with Crippen molar-refractivity contribution in [2.45, 2.75) is 25.3 Å². The van der Waals surface area contributed by atoms with E-state index in [2.05, 4.69) is 47.5 Å². The minimum absolute atomic E-state index is 0.484. The van der Waals surface area contributed by atoms with Crippen LogP contribution in [0, 0.1) is 18.3 Å². The van der Waals surface area contributed by atoms with Crippen LogP contribution in [0.5, 0.6) is 0 Å². The SMILES string of the molecule is CNC1CC(c2cccc(C)c2)CN(CC#N)C1. The van der Waals surface area contributed by atoms with Crippen LogP contribution in [0.15, 0.2) is 24.3 Å². The zero-order chi connectivity index (χ0) is 13.0. The average molecular weight is 243 g/mol. The molecule has 0 aliphatic carbocycles. The van der Waals surface area contributed by atoms with Gasteiger partial charge in [-0.05, 0) is 31.9 Å². The predicted octanol–water partition coefficient (Wildman–Crippen LogP) is 1.90. The number of hydrogen-bond acceptors (Lipinski definition) is 3.